The van der Waals surface area contributed by atoms with Crippen molar-refractivity contribution in [2.75, 3.05) is 5.32 Å². The second kappa shape index (κ2) is 6.99. The first-order chi connectivity index (χ1) is 10.1. The maximum absolute atomic E-state index is 11.9. The molecule has 1 heterocycles. The van der Waals surface area contributed by atoms with Crippen LogP contribution in [0.1, 0.15) is 31.7 Å². The summed E-state index contributed by atoms with van der Waals surface area (Å²) in [7, 11) is 0. The summed E-state index contributed by atoms with van der Waals surface area (Å²) in [6.07, 6.45) is 3.45. The van der Waals surface area contributed by atoms with Gasteiger partial charge in [0.25, 0.3) is 0 Å². The topological polar surface area (TPSA) is 94.0 Å². The predicted octanol–water partition coefficient (Wildman–Crippen LogP) is 2.50. The number of rotatable bonds is 6. The Hall–Kier alpha value is -2.21. The van der Waals surface area contributed by atoms with Crippen LogP contribution in [0.4, 0.5) is 5.69 Å². The fraction of sp³-hybridized carbons (Fsp3) is 0.400. The number of nitrogens with two attached hydrogens (primary N) is 1. The molecule has 0 saturated heterocycles. The second-order valence-corrected chi connectivity index (χ2v) is 5.07. The van der Waals surface area contributed by atoms with Gasteiger partial charge < -0.3 is 15.5 Å². The van der Waals surface area contributed by atoms with Crippen LogP contribution in [0.15, 0.2) is 29.0 Å². The van der Waals surface area contributed by atoms with E-state index in [0.717, 1.165) is 29.7 Å². The molecular formula is C15H20N4O2. The van der Waals surface area contributed by atoms with E-state index in [2.05, 4.69) is 22.4 Å². The van der Waals surface area contributed by atoms with Crippen LogP contribution >= 0.6 is 0 Å². The summed E-state index contributed by atoms with van der Waals surface area (Å²) >= 11 is 0. The number of nitrogens with zero attached hydrogens (tertiary/aromatic N) is 2. The molecule has 1 atom stereocenters. The Morgan fingerprint density at radius 1 is 1.48 bits per heavy atom. The summed E-state index contributed by atoms with van der Waals surface area (Å²) in [4.78, 5) is 11.9. The van der Waals surface area contributed by atoms with E-state index in [0.29, 0.717) is 12.3 Å². The molecule has 0 aliphatic heterocycles. The third-order valence-corrected chi connectivity index (χ3v) is 3.21. The minimum Gasteiger partial charge on any atom is -0.423 e. The smallest absolute Gasteiger partial charge is 0.247 e. The number of amides is 1. The Kier molecular flexibility index (Phi) is 5.05. The average molecular weight is 288 g/mol. The van der Waals surface area contributed by atoms with Gasteiger partial charge in [0, 0.05) is 23.7 Å². The van der Waals surface area contributed by atoms with Crippen LogP contribution in [0.3, 0.4) is 0 Å². The summed E-state index contributed by atoms with van der Waals surface area (Å²) in [5.41, 5.74) is 8.41. The molecule has 6 heteroatoms. The van der Waals surface area contributed by atoms with Crippen LogP contribution < -0.4 is 11.1 Å². The Bertz CT molecular complexity index is 596. The van der Waals surface area contributed by atoms with E-state index in [1.807, 2.05) is 25.1 Å². The molecule has 0 saturated carbocycles. The third-order valence-electron chi connectivity index (χ3n) is 3.21. The van der Waals surface area contributed by atoms with Crippen molar-refractivity contribution in [3.63, 3.8) is 0 Å². The number of aryl methyl sites for hydroxylation is 1. The highest BCUT2D eigenvalue weighted by molar-refractivity contribution is 5.92. The third kappa shape index (κ3) is 4.13. The first-order valence-corrected chi connectivity index (χ1v) is 7.02. The van der Waals surface area contributed by atoms with E-state index in [9.17, 15) is 4.79 Å². The van der Waals surface area contributed by atoms with E-state index in [4.69, 9.17) is 10.2 Å². The van der Waals surface area contributed by atoms with Crippen LogP contribution in [0, 0.1) is 6.92 Å². The van der Waals surface area contributed by atoms with Gasteiger partial charge in [0.15, 0.2) is 0 Å². The Morgan fingerprint density at radius 2 is 2.29 bits per heavy atom. The summed E-state index contributed by atoms with van der Waals surface area (Å²) < 4.78 is 5.15. The van der Waals surface area contributed by atoms with Gasteiger partial charge in [-0.2, -0.15) is 0 Å². The lowest BCUT2D eigenvalue weighted by atomic mass is 10.1. The molecule has 1 unspecified atom stereocenters. The van der Waals surface area contributed by atoms with Crippen molar-refractivity contribution < 1.29 is 9.21 Å². The van der Waals surface area contributed by atoms with Crippen molar-refractivity contribution in [1.82, 2.24) is 10.2 Å². The molecule has 3 N–H and O–H groups in total. The molecule has 0 bridgehead atoms. The molecule has 0 fully saturated rings. The maximum Gasteiger partial charge on any atom is 0.247 e. The van der Waals surface area contributed by atoms with Crippen LogP contribution in [-0.4, -0.2) is 22.1 Å². The highest BCUT2D eigenvalue weighted by Crippen LogP contribution is 2.23. The average Bonchev–Trinajstić information content (AvgIpc) is 2.95. The van der Waals surface area contributed by atoms with Crippen molar-refractivity contribution in [3.05, 3.63) is 30.2 Å². The molecule has 0 spiro atoms. The van der Waals surface area contributed by atoms with Crippen molar-refractivity contribution in [1.29, 1.82) is 0 Å². The van der Waals surface area contributed by atoms with Crippen LogP contribution in [0.25, 0.3) is 11.5 Å². The van der Waals surface area contributed by atoms with Gasteiger partial charge >= 0.3 is 0 Å². The largest absolute Gasteiger partial charge is 0.423 e. The first-order valence-electron chi connectivity index (χ1n) is 7.02. The summed E-state index contributed by atoms with van der Waals surface area (Å²) in [5, 5.41) is 10.4. The molecule has 112 valence electrons. The van der Waals surface area contributed by atoms with E-state index in [1.165, 1.54) is 6.39 Å². The Morgan fingerprint density at radius 3 is 2.90 bits per heavy atom. The number of aromatic nitrogens is 2. The van der Waals surface area contributed by atoms with Crippen molar-refractivity contribution in [2.45, 2.75) is 39.2 Å². The van der Waals surface area contributed by atoms with E-state index >= 15 is 0 Å². The Labute approximate surface area is 123 Å². The van der Waals surface area contributed by atoms with E-state index in [-0.39, 0.29) is 11.9 Å². The molecule has 21 heavy (non-hydrogen) atoms. The Balaban J connectivity index is 2.03. The van der Waals surface area contributed by atoms with Gasteiger partial charge in [0.05, 0.1) is 0 Å². The zero-order valence-corrected chi connectivity index (χ0v) is 12.3. The number of hydrogen-bond donors (Lipinski definition) is 2. The lowest BCUT2D eigenvalue weighted by Gasteiger charge is -2.12. The number of benzene rings is 1. The molecule has 1 aromatic heterocycles. The predicted molar refractivity (Wildman–Crippen MR) is 80.6 cm³/mol. The van der Waals surface area contributed by atoms with E-state index < -0.39 is 0 Å². The van der Waals surface area contributed by atoms with E-state index in [1.54, 1.807) is 0 Å². The van der Waals surface area contributed by atoms with Gasteiger partial charge in [0.2, 0.25) is 18.2 Å². The highest BCUT2D eigenvalue weighted by atomic mass is 16.4. The number of anilines is 1. The fourth-order valence-corrected chi connectivity index (χ4v) is 2.15. The van der Waals surface area contributed by atoms with Crippen LogP contribution in [-0.2, 0) is 4.79 Å². The normalized spacial score (nSPS) is 12.1. The summed E-state index contributed by atoms with van der Waals surface area (Å²) in [6, 6.07) is 5.47. The van der Waals surface area contributed by atoms with Crippen molar-refractivity contribution >= 4 is 11.6 Å². The number of carbonyl (C=O) groups excluding carboxylic acids is 1. The zero-order valence-electron chi connectivity index (χ0n) is 12.3. The van der Waals surface area contributed by atoms with Crippen LogP contribution in [0.2, 0.25) is 0 Å². The standard InChI is InChI=1S/C15H20N4O2/c1-3-4-12(16)8-14(20)18-13-6-5-11(7-10(13)2)15-19-17-9-21-15/h5-7,9,12H,3-4,8,16H2,1-2H3,(H,18,20). The molecule has 1 aromatic carbocycles. The summed E-state index contributed by atoms with van der Waals surface area (Å²) in [5.74, 6) is 0.394. The molecule has 1 amide bonds. The van der Waals surface area contributed by atoms with Crippen molar-refractivity contribution in [2.24, 2.45) is 5.73 Å². The minimum absolute atomic E-state index is 0.0652. The van der Waals surface area contributed by atoms with Gasteiger partial charge in [-0.25, -0.2) is 0 Å². The molecule has 2 aromatic rings. The van der Waals surface area contributed by atoms with Gasteiger partial charge in [-0.3, -0.25) is 4.79 Å². The zero-order chi connectivity index (χ0) is 15.2. The van der Waals surface area contributed by atoms with Crippen molar-refractivity contribution in [3.8, 4) is 11.5 Å². The number of hydrogen-bond acceptors (Lipinski definition) is 5. The lowest BCUT2D eigenvalue weighted by Crippen LogP contribution is -2.27. The second-order valence-electron chi connectivity index (χ2n) is 5.07. The SMILES string of the molecule is CCCC(N)CC(=O)Nc1ccc(-c2nnco2)cc1C. The molecule has 6 nitrogen and oxygen atoms in total. The molecule has 0 aliphatic rings. The number of nitrogens with one attached hydrogen (secondary N) is 1. The summed E-state index contributed by atoms with van der Waals surface area (Å²) in [6.45, 7) is 3.97. The minimum atomic E-state index is -0.0898. The number of carbonyl (C=O) groups is 1. The quantitative estimate of drug-likeness (QED) is 0.851. The maximum atomic E-state index is 11.9. The van der Waals surface area contributed by atoms with Gasteiger partial charge in [-0.05, 0) is 37.1 Å². The molecular weight excluding hydrogens is 268 g/mol. The first kappa shape index (κ1) is 15.2. The molecule has 0 aliphatic carbocycles. The monoisotopic (exact) mass is 288 g/mol. The van der Waals surface area contributed by atoms with Gasteiger partial charge in [0.1, 0.15) is 0 Å². The fourth-order valence-electron chi connectivity index (χ4n) is 2.15. The lowest BCUT2D eigenvalue weighted by molar-refractivity contribution is -0.116. The van der Waals surface area contributed by atoms with Crippen LogP contribution in [0.5, 0.6) is 0 Å². The van der Waals surface area contributed by atoms with Gasteiger partial charge in [-0.1, -0.05) is 13.3 Å². The molecule has 0 radical (unpaired) electrons. The van der Waals surface area contributed by atoms with Gasteiger partial charge in [-0.15, -0.1) is 10.2 Å². The highest BCUT2D eigenvalue weighted by Gasteiger charge is 2.11. The molecule has 2 rings (SSSR count).